The SMILES string of the molecule is [N-]=[N+]=C1C=CC=CC1N. The molecule has 1 aliphatic carbocycles. The number of nitrogens with two attached hydrogens (primary N) is 1. The van der Waals surface area contributed by atoms with E-state index in [2.05, 4.69) is 4.79 Å². The quantitative estimate of drug-likeness (QED) is 0.359. The van der Waals surface area contributed by atoms with Crippen molar-refractivity contribution < 1.29 is 4.79 Å². The van der Waals surface area contributed by atoms with Gasteiger partial charge in [-0.25, -0.2) is 0 Å². The third-order valence-electron chi connectivity index (χ3n) is 1.15. The summed E-state index contributed by atoms with van der Waals surface area (Å²) < 4.78 is 0. The molecular formula is C6H7N3. The fourth-order valence-electron chi connectivity index (χ4n) is 0.648. The van der Waals surface area contributed by atoms with Gasteiger partial charge in [0.15, 0.2) is 0 Å². The van der Waals surface area contributed by atoms with Gasteiger partial charge in [-0.15, -0.1) is 0 Å². The number of allylic oxidation sites excluding steroid dienone is 2. The van der Waals surface area contributed by atoms with Gasteiger partial charge in [-0.05, 0) is 0 Å². The first-order valence-electron chi connectivity index (χ1n) is 2.67. The second-order valence-corrected chi connectivity index (χ2v) is 1.79. The molecule has 9 heavy (non-hydrogen) atoms. The number of rotatable bonds is 0. The zero-order chi connectivity index (χ0) is 6.69. The van der Waals surface area contributed by atoms with Crippen molar-refractivity contribution in [1.82, 2.24) is 0 Å². The number of nitrogens with zero attached hydrogens (tertiary/aromatic N) is 2. The van der Waals surface area contributed by atoms with E-state index in [0.717, 1.165) is 0 Å². The molecule has 1 aliphatic rings. The van der Waals surface area contributed by atoms with Crippen LogP contribution in [0.1, 0.15) is 0 Å². The first-order valence-corrected chi connectivity index (χ1v) is 2.67. The van der Waals surface area contributed by atoms with Crippen LogP contribution in [0.5, 0.6) is 0 Å². The molecule has 0 aromatic heterocycles. The van der Waals surface area contributed by atoms with Crippen molar-refractivity contribution in [2.24, 2.45) is 5.73 Å². The van der Waals surface area contributed by atoms with E-state index in [-0.39, 0.29) is 6.04 Å². The molecule has 0 fully saturated rings. The minimum absolute atomic E-state index is 0.250. The molecule has 3 heteroatoms. The average molecular weight is 121 g/mol. The van der Waals surface area contributed by atoms with Gasteiger partial charge in [0.05, 0.1) is 0 Å². The molecule has 0 aromatic rings. The Morgan fingerprint density at radius 3 is 2.78 bits per heavy atom. The standard InChI is InChI=1S/C6H7N3/c7-5-3-1-2-4-6(5)9-8/h1-5H,7H2. The Balaban J connectivity index is 2.90. The lowest BCUT2D eigenvalue weighted by Gasteiger charge is -1.98. The van der Waals surface area contributed by atoms with Crippen molar-refractivity contribution in [3.8, 4) is 0 Å². The Kier molecular flexibility index (Phi) is 1.58. The summed E-state index contributed by atoms with van der Waals surface area (Å²) in [6.45, 7) is 0. The maximum atomic E-state index is 8.28. The van der Waals surface area contributed by atoms with Gasteiger partial charge in [0.1, 0.15) is 6.04 Å². The van der Waals surface area contributed by atoms with E-state index in [0.29, 0.717) is 5.71 Å². The van der Waals surface area contributed by atoms with Crippen molar-refractivity contribution in [3.05, 3.63) is 29.8 Å². The monoisotopic (exact) mass is 121 g/mol. The van der Waals surface area contributed by atoms with Crippen LogP contribution in [-0.2, 0) is 0 Å². The van der Waals surface area contributed by atoms with Crippen LogP contribution in [0.3, 0.4) is 0 Å². The Hall–Kier alpha value is -1.18. The van der Waals surface area contributed by atoms with Gasteiger partial charge in [0.25, 0.3) is 0 Å². The fourth-order valence-corrected chi connectivity index (χ4v) is 0.648. The molecule has 0 saturated heterocycles. The van der Waals surface area contributed by atoms with Gasteiger partial charge < -0.3 is 11.3 Å². The van der Waals surface area contributed by atoms with Gasteiger partial charge in [-0.3, -0.25) is 0 Å². The van der Waals surface area contributed by atoms with Crippen LogP contribution in [0.4, 0.5) is 0 Å². The Morgan fingerprint density at radius 2 is 2.33 bits per heavy atom. The summed E-state index contributed by atoms with van der Waals surface area (Å²) in [5.74, 6) is 0. The number of hydrogen-bond donors (Lipinski definition) is 1. The van der Waals surface area contributed by atoms with Crippen LogP contribution in [0.15, 0.2) is 24.3 Å². The van der Waals surface area contributed by atoms with Gasteiger partial charge in [0.2, 0.25) is 0 Å². The van der Waals surface area contributed by atoms with Crippen molar-refractivity contribution >= 4 is 5.71 Å². The molecule has 1 rings (SSSR count). The normalized spacial score (nSPS) is 24.1. The largest absolute Gasteiger partial charge is 0.361 e. The maximum Gasteiger partial charge on any atom is 0.312 e. The summed E-state index contributed by atoms with van der Waals surface area (Å²) in [7, 11) is 0. The third-order valence-corrected chi connectivity index (χ3v) is 1.15. The van der Waals surface area contributed by atoms with Crippen LogP contribution >= 0.6 is 0 Å². The van der Waals surface area contributed by atoms with Gasteiger partial charge >= 0.3 is 5.71 Å². The van der Waals surface area contributed by atoms with Crippen molar-refractivity contribution in [2.75, 3.05) is 0 Å². The highest BCUT2D eigenvalue weighted by atomic mass is 14.9. The van der Waals surface area contributed by atoms with Crippen molar-refractivity contribution in [1.29, 1.82) is 0 Å². The topological polar surface area (TPSA) is 62.4 Å². The van der Waals surface area contributed by atoms with E-state index in [1.807, 2.05) is 6.08 Å². The highest BCUT2D eigenvalue weighted by Crippen LogP contribution is 1.94. The minimum atomic E-state index is -0.250. The van der Waals surface area contributed by atoms with E-state index in [1.54, 1.807) is 18.2 Å². The Morgan fingerprint density at radius 1 is 1.56 bits per heavy atom. The molecule has 46 valence electrons. The summed E-state index contributed by atoms with van der Waals surface area (Å²) in [5, 5.41) is 0. The molecule has 0 aliphatic heterocycles. The first-order chi connectivity index (χ1) is 4.34. The van der Waals surface area contributed by atoms with E-state index in [1.165, 1.54) is 0 Å². The molecule has 0 aromatic carbocycles. The minimum Gasteiger partial charge on any atom is -0.361 e. The molecule has 2 N–H and O–H groups in total. The molecule has 0 spiro atoms. The van der Waals surface area contributed by atoms with E-state index < -0.39 is 0 Å². The average Bonchev–Trinajstić information content (AvgIpc) is 1.89. The molecule has 0 amide bonds. The van der Waals surface area contributed by atoms with E-state index in [9.17, 15) is 0 Å². The summed E-state index contributed by atoms with van der Waals surface area (Å²) >= 11 is 0. The van der Waals surface area contributed by atoms with E-state index in [4.69, 9.17) is 11.3 Å². The van der Waals surface area contributed by atoms with Crippen LogP contribution in [0.25, 0.3) is 5.53 Å². The predicted molar refractivity (Wildman–Crippen MR) is 34.9 cm³/mol. The summed E-state index contributed by atoms with van der Waals surface area (Å²) in [6.07, 6.45) is 7.03. The van der Waals surface area contributed by atoms with Crippen LogP contribution in [0.2, 0.25) is 0 Å². The van der Waals surface area contributed by atoms with Crippen molar-refractivity contribution in [3.63, 3.8) is 0 Å². The molecular weight excluding hydrogens is 114 g/mol. The summed E-state index contributed by atoms with van der Waals surface area (Å²) in [6, 6.07) is -0.250. The van der Waals surface area contributed by atoms with Crippen LogP contribution in [-0.4, -0.2) is 16.5 Å². The van der Waals surface area contributed by atoms with Gasteiger partial charge in [0, 0.05) is 6.08 Å². The zero-order valence-electron chi connectivity index (χ0n) is 4.86. The summed E-state index contributed by atoms with van der Waals surface area (Å²) in [4.78, 5) is 2.98. The van der Waals surface area contributed by atoms with E-state index >= 15 is 0 Å². The second kappa shape index (κ2) is 2.40. The fraction of sp³-hybridized carbons (Fsp3) is 0.167. The third kappa shape index (κ3) is 1.13. The second-order valence-electron chi connectivity index (χ2n) is 1.79. The molecule has 0 saturated carbocycles. The molecule has 0 bridgehead atoms. The van der Waals surface area contributed by atoms with Crippen LogP contribution < -0.4 is 5.73 Å². The summed E-state index contributed by atoms with van der Waals surface area (Å²) in [5.41, 5.74) is 14.2. The molecule has 0 heterocycles. The molecule has 1 atom stereocenters. The highest BCUT2D eigenvalue weighted by Gasteiger charge is 2.13. The van der Waals surface area contributed by atoms with Gasteiger partial charge in [-0.2, -0.15) is 4.79 Å². The lowest BCUT2D eigenvalue weighted by molar-refractivity contribution is -0.00665. The molecule has 1 unspecified atom stereocenters. The Labute approximate surface area is 53.1 Å². The lowest BCUT2D eigenvalue weighted by atomic mass is 10.1. The van der Waals surface area contributed by atoms with Gasteiger partial charge in [-0.1, -0.05) is 18.2 Å². The van der Waals surface area contributed by atoms with Crippen LogP contribution in [0, 0.1) is 0 Å². The zero-order valence-corrected chi connectivity index (χ0v) is 4.86. The lowest BCUT2D eigenvalue weighted by Crippen LogP contribution is -2.28. The molecule has 0 radical (unpaired) electrons. The first kappa shape index (κ1) is 5.95. The smallest absolute Gasteiger partial charge is 0.312 e. The van der Waals surface area contributed by atoms with Crippen molar-refractivity contribution in [2.45, 2.75) is 6.04 Å². The Bertz CT molecular complexity index is 208. The highest BCUT2D eigenvalue weighted by molar-refractivity contribution is 5.97. The molecule has 3 nitrogen and oxygen atoms in total. The number of hydrogen-bond acceptors (Lipinski definition) is 1. The predicted octanol–water partition coefficient (Wildman–Crippen LogP) is 0.111. The maximum absolute atomic E-state index is 8.28.